The van der Waals surface area contributed by atoms with Gasteiger partial charge < -0.3 is 9.47 Å². The lowest BCUT2D eigenvalue weighted by Gasteiger charge is -2.23. The lowest BCUT2D eigenvalue weighted by atomic mass is 9.96. The molecule has 1 aliphatic heterocycles. The first-order valence-corrected chi connectivity index (χ1v) is 6.74. The van der Waals surface area contributed by atoms with Gasteiger partial charge in [-0.1, -0.05) is 12.1 Å². The second-order valence-corrected chi connectivity index (χ2v) is 5.01. The van der Waals surface area contributed by atoms with Gasteiger partial charge in [0.15, 0.2) is 0 Å². The van der Waals surface area contributed by atoms with Crippen LogP contribution in [0.15, 0.2) is 36.1 Å². The molecule has 1 unspecified atom stereocenters. The van der Waals surface area contributed by atoms with Crippen LogP contribution in [0.5, 0.6) is 5.75 Å². The van der Waals surface area contributed by atoms with Gasteiger partial charge in [0.2, 0.25) is 0 Å². The molecule has 0 spiro atoms. The Labute approximate surface area is 114 Å². The number of ether oxygens (including phenoxy) is 2. The van der Waals surface area contributed by atoms with Gasteiger partial charge in [0.25, 0.3) is 0 Å². The molecule has 0 amide bonds. The molecule has 0 aliphatic carbocycles. The maximum atomic E-state index is 5.72. The maximum absolute atomic E-state index is 5.72. The Kier molecular flexibility index (Phi) is 4.82. The Morgan fingerprint density at radius 2 is 2.21 bits per heavy atom. The molecular formula is C15H22N2O2. The Morgan fingerprint density at radius 1 is 1.37 bits per heavy atom. The molecule has 0 saturated heterocycles. The standard InChI is InChI=1S/C15H22N2O2/c1-11(2)19-14-7-3-5-12(9-14)15(17-16)13-6-4-8-18-10-13/h3,5,7,9-11,15,17H,4,6,8,16H2,1-2H3. The van der Waals surface area contributed by atoms with Crippen LogP contribution in [0.2, 0.25) is 0 Å². The molecule has 0 fully saturated rings. The van der Waals surface area contributed by atoms with Gasteiger partial charge in [0, 0.05) is 0 Å². The smallest absolute Gasteiger partial charge is 0.120 e. The minimum atomic E-state index is -0.0176. The topological polar surface area (TPSA) is 56.5 Å². The molecule has 2 rings (SSSR count). The van der Waals surface area contributed by atoms with Crippen LogP contribution < -0.4 is 16.0 Å². The molecule has 4 heteroatoms. The number of nitrogens with two attached hydrogens (primary N) is 1. The van der Waals surface area contributed by atoms with E-state index in [1.165, 1.54) is 5.57 Å². The summed E-state index contributed by atoms with van der Waals surface area (Å²) in [6.07, 6.45) is 4.03. The van der Waals surface area contributed by atoms with Crippen molar-refractivity contribution in [3.8, 4) is 5.75 Å². The first-order chi connectivity index (χ1) is 9.20. The van der Waals surface area contributed by atoms with Gasteiger partial charge in [-0.3, -0.25) is 5.84 Å². The summed E-state index contributed by atoms with van der Waals surface area (Å²) in [5.41, 5.74) is 5.14. The summed E-state index contributed by atoms with van der Waals surface area (Å²) >= 11 is 0. The molecule has 1 aliphatic rings. The largest absolute Gasteiger partial charge is 0.501 e. The summed E-state index contributed by atoms with van der Waals surface area (Å²) in [4.78, 5) is 0. The van der Waals surface area contributed by atoms with Crippen molar-refractivity contribution in [2.45, 2.75) is 38.8 Å². The molecule has 0 radical (unpaired) electrons. The van der Waals surface area contributed by atoms with Crippen molar-refractivity contribution < 1.29 is 9.47 Å². The van der Waals surface area contributed by atoms with Crippen LogP contribution in [-0.2, 0) is 4.74 Å². The van der Waals surface area contributed by atoms with Crippen molar-refractivity contribution >= 4 is 0 Å². The van der Waals surface area contributed by atoms with Gasteiger partial charge in [-0.2, -0.15) is 0 Å². The second-order valence-electron chi connectivity index (χ2n) is 5.01. The van der Waals surface area contributed by atoms with E-state index in [1.54, 1.807) is 0 Å². The quantitative estimate of drug-likeness (QED) is 0.633. The Balaban J connectivity index is 2.20. The van der Waals surface area contributed by atoms with Crippen molar-refractivity contribution in [1.29, 1.82) is 0 Å². The lowest BCUT2D eigenvalue weighted by Crippen LogP contribution is -2.30. The van der Waals surface area contributed by atoms with E-state index >= 15 is 0 Å². The van der Waals surface area contributed by atoms with Gasteiger partial charge in [0.1, 0.15) is 5.75 Å². The molecule has 1 heterocycles. The van der Waals surface area contributed by atoms with Crippen LogP contribution in [0.4, 0.5) is 0 Å². The molecule has 0 saturated carbocycles. The summed E-state index contributed by atoms with van der Waals surface area (Å²) in [5, 5.41) is 0. The van der Waals surface area contributed by atoms with E-state index in [4.69, 9.17) is 15.3 Å². The fourth-order valence-electron chi connectivity index (χ4n) is 2.25. The SMILES string of the molecule is CC(C)Oc1cccc(C(NN)C2=COCCC2)c1. The zero-order valence-corrected chi connectivity index (χ0v) is 11.6. The summed E-state index contributed by atoms with van der Waals surface area (Å²) in [5.74, 6) is 6.57. The lowest BCUT2D eigenvalue weighted by molar-refractivity contribution is 0.219. The van der Waals surface area contributed by atoms with E-state index in [2.05, 4.69) is 5.43 Å². The van der Waals surface area contributed by atoms with Crippen LogP contribution in [0.25, 0.3) is 0 Å². The van der Waals surface area contributed by atoms with Crippen LogP contribution in [0.1, 0.15) is 38.3 Å². The van der Waals surface area contributed by atoms with Crippen LogP contribution >= 0.6 is 0 Å². The van der Waals surface area contributed by atoms with Crippen molar-refractivity contribution in [3.63, 3.8) is 0 Å². The van der Waals surface area contributed by atoms with E-state index in [9.17, 15) is 0 Å². The molecule has 104 valence electrons. The zero-order chi connectivity index (χ0) is 13.7. The van der Waals surface area contributed by atoms with E-state index in [0.29, 0.717) is 0 Å². The number of hydrazine groups is 1. The van der Waals surface area contributed by atoms with Gasteiger partial charge in [-0.15, -0.1) is 0 Å². The normalized spacial score (nSPS) is 16.7. The van der Waals surface area contributed by atoms with Gasteiger partial charge in [-0.05, 0) is 50.0 Å². The molecule has 1 aromatic carbocycles. The highest BCUT2D eigenvalue weighted by Crippen LogP contribution is 2.29. The number of hydrogen-bond acceptors (Lipinski definition) is 4. The molecule has 1 atom stereocenters. The van der Waals surface area contributed by atoms with Gasteiger partial charge >= 0.3 is 0 Å². The van der Waals surface area contributed by atoms with E-state index in [1.807, 2.05) is 44.4 Å². The van der Waals surface area contributed by atoms with Gasteiger partial charge in [0.05, 0.1) is 25.0 Å². The molecule has 4 nitrogen and oxygen atoms in total. The molecule has 19 heavy (non-hydrogen) atoms. The summed E-state index contributed by atoms with van der Waals surface area (Å²) in [6, 6.07) is 8.01. The predicted molar refractivity (Wildman–Crippen MR) is 75.5 cm³/mol. The number of rotatable bonds is 5. The number of benzene rings is 1. The summed E-state index contributed by atoms with van der Waals surface area (Å²) in [6.45, 7) is 4.82. The average Bonchev–Trinajstić information content (AvgIpc) is 2.40. The Hall–Kier alpha value is -1.52. The first-order valence-electron chi connectivity index (χ1n) is 6.74. The van der Waals surface area contributed by atoms with E-state index in [-0.39, 0.29) is 12.1 Å². The maximum Gasteiger partial charge on any atom is 0.120 e. The monoisotopic (exact) mass is 262 g/mol. The van der Waals surface area contributed by atoms with E-state index < -0.39 is 0 Å². The Bertz CT molecular complexity index is 444. The van der Waals surface area contributed by atoms with E-state index in [0.717, 1.165) is 30.8 Å². The van der Waals surface area contributed by atoms with Crippen molar-refractivity contribution in [2.24, 2.45) is 5.84 Å². The van der Waals surface area contributed by atoms with Crippen LogP contribution in [0.3, 0.4) is 0 Å². The molecule has 0 aromatic heterocycles. The molecular weight excluding hydrogens is 240 g/mol. The van der Waals surface area contributed by atoms with Crippen LogP contribution in [0, 0.1) is 0 Å². The zero-order valence-electron chi connectivity index (χ0n) is 11.6. The third-order valence-corrected chi connectivity index (χ3v) is 3.06. The highest BCUT2D eigenvalue weighted by Gasteiger charge is 2.18. The minimum absolute atomic E-state index is 0.0176. The average molecular weight is 262 g/mol. The fourth-order valence-corrected chi connectivity index (χ4v) is 2.25. The summed E-state index contributed by atoms with van der Waals surface area (Å²) < 4.78 is 11.1. The molecule has 1 aromatic rings. The fraction of sp³-hybridized carbons (Fsp3) is 0.467. The first kappa shape index (κ1) is 13.9. The van der Waals surface area contributed by atoms with Crippen molar-refractivity contribution in [1.82, 2.24) is 5.43 Å². The van der Waals surface area contributed by atoms with Crippen molar-refractivity contribution in [2.75, 3.05) is 6.61 Å². The third kappa shape index (κ3) is 3.72. The van der Waals surface area contributed by atoms with Crippen molar-refractivity contribution in [3.05, 3.63) is 41.7 Å². The predicted octanol–water partition coefficient (Wildman–Crippen LogP) is 2.67. The molecule has 3 N–H and O–H groups in total. The third-order valence-electron chi connectivity index (χ3n) is 3.06. The minimum Gasteiger partial charge on any atom is -0.501 e. The second kappa shape index (κ2) is 6.59. The highest BCUT2D eigenvalue weighted by molar-refractivity contribution is 5.35. The highest BCUT2D eigenvalue weighted by atomic mass is 16.5. The number of hydrogen-bond donors (Lipinski definition) is 2. The Morgan fingerprint density at radius 3 is 2.84 bits per heavy atom. The van der Waals surface area contributed by atoms with Gasteiger partial charge in [-0.25, -0.2) is 5.43 Å². The number of nitrogens with one attached hydrogen (secondary N) is 1. The summed E-state index contributed by atoms with van der Waals surface area (Å²) in [7, 11) is 0. The molecule has 0 bridgehead atoms. The van der Waals surface area contributed by atoms with Crippen LogP contribution in [-0.4, -0.2) is 12.7 Å².